The van der Waals surface area contributed by atoms with E-state index in [1.165, 1.54) is 0 Å². The van der Waals surface area contributed by atoms with Gasteiger partial charge in [-0.05, 0) is 77.9 Å². The van der Waals surface area contributed by atoms with E-state index in [1.54, 1.807) is 26.2 Å². The Morgan fingerprint density at radius 3 is 2.66 bits per heavy atom. The number of methoxy groups -OCH3 is 1. The molecule has 1 aliphatic rings. The first-order valence-electron chi connectivity index (χ1n) is 9.25. The summed E-state index contributed by atoms with van der Waals surface area (Å²) in [6.45, 7) is 5.83. The van der Waals surface area contributed by atoms with Gasteiger partial charge in [-0.15, -0.1) is 0 Å². The Kier molecular flexibility index (Phi) is 8.81. The molecule has 29 heavy (non-hydrogen) atoms. The van der Waals surface area contributed by atoms with Gasteiger partial charge in [0.1, 0.15) is 6.54 Å². The molecule has 0 unspecified atom stereocenters. The number of amides is 2. The molecule has 1 aliphatic heterocycles. The van der Waals surface area contributed by atoms with E-state index in [-0.39, 0.29) is 11.0 Å². The van der Waals surface area contributed by atoms with Gasteiger partial charge < -0.3 is 14.2 Å². The fourth-order valence-corrected chi connectivity index (χ4v) is 4.05. The first-order valence-corrected chi connectivity index (χ1v) is 11.1. The lowest BCUT2D eigenvalue weighted by atomic mass is 10.2. The summed E-state index contributed by atoms with van der Waals surface area (Å²) in [6, 6.07) is 3.59. The molecule has 158 valence electrons. The quantitative estimate of drug-likeness (QED) is 0.263. The Bertz CT molecular complexity index is 825. The molecule has 0 aromatic heterocycles. The van der Waals surface area contributed by atoms with Gasteiger partial charge in [0.25, 0.3) is 11.1 Å². The highest BCUT2D eigenvalue weighted by Crippen LogP contribution is 2.37. The van der Waals surface area contributed by atoms with Gasteiger partial charge in [0.15, 0.2) is 11.5 Å². The van der Waals surface area contributed by atoms with Crippen molar-refractivity contribution in [3.05, 3.63) is 26.2 Å². The Hall–Kier alpha value is -1.75. The summed E-state index contributed by atoms with van der Waals surface area (Å²) in [4.78, 5) is 37.9. The highest BCUT2D eigenvalue weighted by atomic mass is 127. The van der Waals surface area contributed by atoms with Crippen molar-refractivity contribution < 1.29 is 28.6 Å². The normalized spacial score (nSPS) is 16.3. The number of carbonyl (C=O) groups is 3. The van der Waals surface area contributed by atoms with Crippen molar-refractivity contribution in [3.8, 4) is 11.5 Å². The van der Waals surface area contributed by atoms with Gasteiger partial charge in [-0.25, -0.2) is 0 Å². The average molecular weight is 533 g/mol. The second-order valence-electron chi connectivity index (χ2n) is 6.36. The van der Waals surface area contributed by atoms with Gasteiger partial charge >= 0.3 is 5.97 Å². The van der Waals surface area contributed by atoms with Crippen LogP contribution in [0.3, 0.4) is 0 Å². The van der Waals surface area contributed by atoms with Crippen LogP contribution in [0.5, 0.6) is 11.5 Å². The fraction of sp³-hybridized carbons (Fsp3) is 0.450. The van der Waals surface area contributed by atoms with Gasteiger partial charge in [0.05, 0.1) is 28.3 Å². The predicted octanol–water partition coefficient (Wildman–Crippen LogP) is 4.47. The van der Waals surface area contributed by atoms with Crippen LogP contribution in [0.15, 0.2) is 17.0 Å². The third-order valence-electron chi connectivity index (χ3n) is 4.07. The Morgan fingerprint density at radius 2 is 2.03 bits per heavy atom. The summed E-state index contributed by atoms with van der Waals surface area (Å²) >= 11 is 2.94. The van der Waals surface area contributed by atoms with Gasteiger partial charge in [0.2, 0.25) is 0 Å². The minimum Gasteiger partial charge on any atom is -0.493 e. The van der Waals surface area contributed by atoms with E-state index < -0.39 is 23.7 Å². The molecule has 1 saturated heterocycles. The molecule has 1 heterocycles. The minimum atomic E-state index is -0.600. The molecule has 1 fully saturated rings. The molecule has 0 bridgehead atoms. The van der Waals surface area contributed by atoms with Crippen LogP contribution in [0.2, 0.25) is 0 Å². The number of carbonyl (C=O) groups excluding carboxylic acids is 3. The first kappa shape index (κ1) is 23.5. The summed E-state index contributed by atoms with van der Waals surface area (Å²) in [7, 11) is 1.55. The van der Waals surface area contributed by atoms with Crippen molar-refractivity contribution in [1.29, 1.82) is 0 Å². The third-order valence-corrected chi connectivity index (χ3v) is 5.78. The molecule has 0 radical (unpaired) electrons. The average Bonchev–Trinajstić information content (AvgIpc) is 2.93. The lowest BCUT2D eigenvalue weighted by Gasteiger charge is -2.15. The van der Waals surface area contributed by atoms with Crippen molar-refractivity contribution in [2.75, 3.05) is 20.3 Å². The number of ether oxygens (including phenoxy) is 3. The van der Waals surface area contributed by atoms with E-state index in [2.05, 4.69) is 22.6 Å². The number of hydrogen-bond donors (Lipinski definition) is 0. The fourth-order valence-electron chi connectivity index (χ4n) is 2.43. The predicted molar refractivity (Wildman–Crippen MR) is 120 cm³/mol. The van der Waals surface area contributed by atoms with E-state index in [4.69, 9.17) is 14.2 Å². The van der Waals surface area contributed by atoms with Gasteiger partial charge in [0, 0.05) is 0 Å². The monoisotopic (exact) mass is 533 g/mol. The summed E-state index contributed by atoms with van der Waals surface area (Å²) in [6.07, 6.45) is 2.87. The van der Waals surface area contributed by atoms with Crippen LogP contribution in [0.1, 0.15) is 39.2 Å². The molecule has 0 aliphatic carbocycles. The topological polar surface area (TPSA) is 82.1 Å². The summed E-state index contributed by atoms with van der Waals surface area (Å²) in [5.74, 6) is 0.0823. The first-order chi connectivity index (χ1) is 13.8. The molecule has 0 spiro atoms. The maximum Gasteiger partial charge on any atom is 0.326 e. The van der Waals surface area contributed by atoms with Crippen molar-refractivity contribution >= 4 is 57.5 Å². The molecule has 0 N–H and O–H groups in total. The van der Waals surface area contributed by atoms with E-state index >= 15 is 0 Å². The number of benzene rings is 1. The molecule has 9 heteroatoms. The van der Waals surface area contributed by atoms with Crippen LogP contribution in [-0.2, 0) is 14.3 Å². The number of thioether (sulfide) groups is 1. The standard InChI is InChI=1S/C20H24INO6S/c1-5-7-27-18-14(21)8-13(9-15(18)26-4)10-16-19(24)22(20(25)29-16)11-17(23)28-12(3)6-2/h8-10,12H,5-7,11H2,1-4H3/b16-10-/t12-/m1/s1. The van der Waals surface area contributed by atoms with Crippen LogP contribution in [0.4, 0.5) is 4.79 Å². The van der Waals surface area contributed by atoms with Gasteiger partial charge in [-0.2, -0.15) is 0 Å². The number of hydrogen-bond acceptors (Lipinski definition) is 7. The molecule has 2 rings (SSSR count). The molecular weight excluding hydrogens is 509 g/mol. The summed E-state index contributed by atoms with van der Waals surface area (Å²) in [5, 5.41) is -0.494. The molecule has 1 aromatic rings. The molecule has 1 atom stereocenters. The van der Waals surface area contributed by atoms with Crippen molar-refractivity contribution in [3.63, 3.8) is 0 Å². The lowest BCUT2D eigenvalue weighted by molar-refractivity contribution is -0.150. The van der Waals surface area contributed by atoms with Crippen molar-refractivity contribution in [1.82, 2.24) is 4.90 Å². The van der Waals surface area contributed by atoms with Crippen molar-refractivity contribution in [2.24, 2.45) is 0 Å². The highest BCUT2D eigenvalue weighted by molar-refractivity contribution is 14.1. The van der Waals surface area contributed by atoms with Crippen molar-refractivity contribution in [2.45, 2.75) is 39.7 Å². The molecular formula is C20H24INO6S. The maximum atomic E-state index is 12.6. The molecule has 2 amide bonds. The SMILES string of the molecule is CCCOc1c(I)cc(/C=C2\SC(=O)N(CC(=O)O[C@H](C)CC)C2=O)cc1OC. The zero-order valence-electron chi connectivity index (χ0n) is 16.8. The largest absolute Gasteiger partial charge is 0.493 e. The second-order valence-corrected chi connectivity index (χ2v) is 8.51. The number of esters is 1. The Balaban J connectivity index is 2.20. The van der Waals surface area contributed by atoms with Crippen LogP contribution in [0, 0.1) is 3.57 Å². The van der Waals surface area contributed by atoms with E-state index in [0.29, 0.717) is 30.1 Å². The zero-order chi connectivity index (χ0) is 21.6. The summed E-state index contributed by atoms with van der Waals surface area (Å²) < 4.78 is 17.1. The highest BCUT2D eigenvalue weighted by Gasteiger charge is 2.37. The van der Waals surface area contributed by atoms with Crippen LogP contribution in [0.25, 0.3) is 6.08 Å². The van der Waals surface area contributed by atoms with Gasteiger partial charge in [-0.3, -0.25) is 19.3 Å². The minimum absolute atomic E-state index is 0.242. The summed E-state index contributed by atoms with van der Waals surface area (Å²) in [5.41, 5.74) is 0.697. The van der Waals surface area contributed by atoms with Crippen LogP contribution >= 0.6 is 34.4 Å². The number of nitrogens with zero attached hydrogens (tertiary/aromatic N) is 1. The van der Waals surface area contributed by atoms with E-state index in [9.17, 15) is 14.4 Å². The second kappa shape index (κ2) is 10.9. The zero-order valence-corrected chi connectivity index (χ0v) is 19.8. The van der Waals surface area contributed by atoms with Gasteiger partial charge in [-0.1, -0.05) is 13.8 Å². The van der Waals surface area contributed by atoms with Crippen LogP contribution in [-0.4, -0.2) is 48.4 Å². The molecule has 7 nitrogen and oxygen atoms in total. The van der Waals surface area contributed by atoms with Crippen LogP contribution < -0.4 is 9.47 Å². The number of rotatable bonds is 9. The third kappa shape index (κ3) is 6.11. The lowest BCUT2D eigenvalue weighted by Crippen LogP contribution is -2.35. The smallest absolute Gasteiger partial charge is 0.326 e. The van der Waals surface area contributed by atoms with E-state index in [0.717, 1.165) is 26.7 Å². The number of halogens is 1. The Morgan fingerprint density at radius 1 is 1.31 bits per heavy atom. The maximum absolute atomic E-state index is 12.6. The molecule has 1 aromatic carbocycles. The van der Waals surface area contributed by atoms with E-state index in [1.807, 2.05) is 19.9 Å². The molecule has 0 saturated carbocycles. The number of imide groups is 1. The Labute approximate surface area is 188 Å².